The lowest BCUT2D eigenvalue weighted by molar-refractivity contribution is -0.120. The Bertz CT molecular complexity index is 228. The Morgan fingerprint density at radius 3 is 2.62 bits per heavy atom. The fourth-order valence-corrected chi connectivity index (χ4v) is 2.67. The Balaban J connectivity index is 2.55. The number of nitrogens with zero attached hydrogens (tertiary/aromatic N) is 1. The minimum absolute atomic E-state index is 0.103. The van der Waals surface area contributed by atoms with Gasteiger partial charge in [-0.25, -0.2) is 0 Å². The average molecular weight is 226 g/mol. The van der Waals surface area contributed by atoms with Crippen LogP contribution in [0, 0.1) is 5.92 Å². The molecule has 1 fully saturated rings. The molecule has 16 heavy (non-hydrogen) atoms. The molecule has 1 saturated heterocycles. The van der Waals surface area contributed by atoms with Gasteiger partial charge in [-0.3, -0.25) is 9.69 Å². The van der Waals surface area contributed by atoms with Crippen LogP contribution in [0.2, 0.25) is 0 Å². The van der Waals surface area contributed by atoms with Gasteiger partial charge in [-0.15, -0.1) is 0 Å². The molecule has 3 heteroatoms. The number of hydrogen-bond donors (Lipinski definition) is 1. The first-order valence-electron chi connectivity index (χ1n) is 6.54. The van der Waals surface area contributed by atoms with Crippen molar-refractivity contribution in [3.63, 3.8) is 0 Å². The number of piperidine rings is 1. The molecule has 0 saturated carbocycles. The van der Waals surface area contributed by atoms with E-state index in [0.29, 0.717) is 12.1 Å². The van der Waals surface area contributed by atoms with Gasteiger partial charge in [-0.2, -0.15) is 0 Å². The molecule has 3 nitrogen and oxygen atoms in total. The van der Waals surface area contributed by atoms with Crippen molar-refractivity contribution < 1.29 is 4.79 Å². The zero-order chi connectivity index (χ0) is 12.1. The van der Waals surface area contributed by atoms with Crippen LogP contribution in [0.15, 0.2) is 0 Å². The summed E-state index contributed by atoms with van der Waals surface area (Å²) >= 11 is 0. The lowest BCUT2D eigenvalue weighted by Crippen LogP contribution is -2.52. The Morgan fingerprint density at radius 1 is 1.44 bits per heavy atom. The topological polar surface area (TPSA) is 32.3 Å². The minimum atomic E-state index is 0.103. The maximum Gasteiger partial charge on any atom is 0.217 e. The first kappa shape index (κ1) is 13.5. The van der Waals surface area contributed by atoms with Crippen molar-refractivity contribution in [3.8, 4) is 0 Å². The number of amides is 1. The molecule has 0 aliphatic carbocycles. The Morgan fingerprint density at radius 2 is 2.12 bits per heavy atom. The molecular formula is C13H26N2O. The highest BCUT2D eigenvalue weighted by molar-refractivity contribution is 5.73. The van der Waals surface area contributed by atoms with E-state index in [1.54, 1.807) is 6.92 Å². The van der Waals surface area contributed by atoms with E-state index >= 15 is 0 Å². The van der Waals surface area contributed by atoms with Crippen LogP contribution in [0.1, 0.15) is 47.0 Å². The van der Waals surface area contributed by atoms with Crippen molar-refractivity contribution in [2.75, 3.05) is 13.1 Å². The number of carbonyl (C=O) groups is 1. The summed E-state index contributed by atoms with van der Waals surface area (Å²) in [4.78, 5) is 13.6. The maximum absolute atomic E-state index is 11.1. The van der Waals surface area contributed by atoms with Gasteiger partial charge < -0.3 is 5.32 Å². The van der Waals surface area contributed by atoms with Gasteiger partial charge in [0, 0.05) is 32.1 Å². The predicted octanol–water partition coefficient (Wildman–Crippen LogP) is 2.02. The van der Waals surface area contributed by atoms with E-state index in [1.165, 1.54) is 19.4 Å². The number of carbonyl (C=O) groups excluding carboxylic acids is 1. The number of likely N-dealkylation sites (tertiary alicyclic amines) is 1. The largest absolute Gasteiger partial charge is 0.352 e. The molecular weight excluding hydrogens is 200 g/mol. The monoisotopic (exact) mass is 226 g/mol. The van der Waals surface area contributed by atoms with E-state index in [0.717, 1.165) is 18.9 Å². The smallest absolute Gasteiger partial charge is 0.217 e. The van der Waals surface area contributed by atoms with Crippen LogP contribution in [0.5, 0.6) is 0 Å². The molecule has 0 radical (unpaired) electrons. The van der Waals surface area contributed by atoms with E-state index in [2.05, 4.69) is 31.0 Å². The quantitative estimate of drug-likeness (QED) is 0.795. The highest BCUT2D eigenvalue weighted by Gasteiger charge is 2.28. The average Bonchev–Trinajstić information content (AvgIpc) is 2.16. The second-order valence-corrected chi connectivity index (χ2v) is 5.34. The van der Waals surface area contributed by atoms with Gasteiger partial charge in [0.25, 0.3) is 0 Å². The number of nitrogens with one attached hydrogen (secondary N) is 1. The Hall–Kier alpha value is -0.570. The highest BCUT2D eigenvalue weighted by atomic mass is 16.1. The van der Waals surface area contributed by atoms with E-state index in [9.17, 15) is 4.79 Å². The summed E-state index contributed by atoms with van der Waals surface area (Å²) in [6.07, 6.45) is 3.67. The van der Waals surface area contributed by atoms with Gasteiger partial charge in [0.2, 0.25) is 5.91 Å². The van der Waals surface area contributed by atoms with Crippen LogP contribution in [-0.2, 0) is 4.79 Å². The Kier molecular flexibility index (Phi) is 5.26. The molecule has 0 aromatic carbocycles. The second kappa shape index (κ2) is 6.24. The third-order valence-electron chi connectivity index (χ3n) is 3.40. The molecule has 2 atom stereocenters. The van der Waals surface area contributed by atoms with Crippen molar-refractivity contribution in [1.82, 2.24) is 10.2 Å². The first-order chi connectivity index (χ1) is 7.52. The third kappa shape index (κ3) is 4.12. The number of rotatable bonds is 4. The summed E-state index contributed by atoms with van der Waals surface area (Å²) in [6, 6.07) is 0.932. The molecule has 0 bridgehead atoms. The fourth-order valence-electron chi connectivity index (χ4n) is 2.67. The molecule has 1 heterocycles. The molecule has 1 rings (SSSR count). The summed E-state index contributed by atoms with van der Waals surface area (Å²) in [5.41, 5.74) is 0. The summed E-state index contributed by atoms with van der Waals surface area (Å²) in [7, 11) is 0. The summed E-state index contributed by atoms with van der Waals surface area (Å²) in [5.74, 6) is 0.851. The van der Waals surface area contributed by atoms with E-state index in [4.69, 9.17) is 0 Å². The molecule has 0 aromatic heterocycles. The molecule has 1 aliphatic heterocycles. The van der Waals surface area contributed by atoms with Crippen molar-refractivity contribution >= 4 is 5.91 Å². The van der Waals surface area contributed by atoms with E-state index in [1.807, 2.05) is 0 Å². The van der Waals surface area contributed by atoms with Gasteiger partial charge in [-0.1, -0.05) is 13.3 Å². The molecule has 1 aliphatic rings. The zero-order valence-electron chi connectivity index (χ0n) is 11.1. The summed E-state index contributed by atoms with van der Waals surface area (Å²) < 4.78 is 0. The number of hydrogen-bond acceptors (Lipinski definition) is 2. The van der Waals surface area contributed by atoms with Crippen molar-refractivity contribution in [2.45, 2.75) is 59.0 Å². The van der Waals surface area contributed by atoms with Crippen LogP contribution < -0.4 is 5.32 Å². The second-order valence-electron chi connectivity index (χ2n) is 5.34. The van der Waals surface area contributed by atoms with E-state index < -0.39 is 0 Å². The molecule has 94 valence electrons. The Labute approximate surface area is 99.6 Å². The fraction of sp³-hybridized carbons (Fsp3) is 0.923. The van der Waals surface area contributed by atoms with Crippen molar-refractivity contribution in [2.24, 2.45) is 5.92 Å². The van der Waals surface area contributed by atoms with Gasteiger partial charge in [0.05, 0.1) is 0 Å². The summed E-state index contributed by atoms with van der Waals surface area (Å²) in [6.45, 7) is 10.5. The van der Waals surface area contributed by atoms with Gasteiger partial charge >= 0.3 is 0 Å². The van der Waals surface area contributed by atoms with Gasteiger partial charge in [0.15, 0.2) is 0 Å². The van der Waals surface area contributed by atoms with Crippen LogP contribution in [0.3, 0.4) is 0 Å². The zero-order valence-corrected chi connectivity index (χ0v) is 11.1. The molecule has 0 aromatic rings. The molecule has 1 N–H and O–H groups in total. The van der Waals surface area contributed by atoms with Crippen LogP contribution >= 0.6 is 0 Å². The third-order valence-corrected chi connectivity index (χ3v) is 3.40. The molecule has 0 spiro atoms. The van der Waals surface area contributed by atoms with Crippen LogP contribution in [-0.4, -0.2) is 36.0 Å². The van der Waals surface area contributed by atoms with Gasteiger partial charge in [-0.05, 0) is 32.6 Å². The lowest BCUT2D eigenvalue weighted by Gasteiger charge is -2.40. The van der Waals surface area contributed by atoms with Crippen molar-refractivity contribution in [3.05, 3.63) is 0 Å². The molecule has 2 unspecified atom stereocenters. The van der Waals surface area contributed by atoms with Crippen LogP contribution in [0.25, 0.3) is 0 Å². The minimum Gasteiger partial charge on any atom is -0.352 e. The normalized spacial score (nSPS) is 27.1. The summed E-state index contributed by atoms with van der Waals surface area (Å²) in [5, 5.41) is 3.07. The van der Waals surface area contributed by atoms with Crippen LogP contribution in [0.4, 0.5) is 0 Å². The van der Waals surface area contributed by atoms with Crippen molar-refractivity contribution in [1.29, 1.82) is 0 Å². The molecule has 1 amide bonds. The predicted molar refractivity (Wildman–Crippen MR) is 67.3 cm³/mol. The lowest BCUT2D eigenvalue weighted by atomic mass is 9.90. The first-order valence-corrected chi connectivity index (χ1v) is 6.54. The standard InChI is InChI=1S/C13H26N2O/c1-5-6-12-7-13(14-11(4)16)9-15(8-12)10(2)3/h10,12-13H,5-9H2,1-4H3,(H,14,16). The van der Waals surface area contributed by atoms with E-state index in [-0.39, 0.29) is 5.91 Å². The highest BCUT2D eigenvalue weighted by Crippen LogP contribution is 2.22. The maximum atomic E-state index is 11.1. The van der Waals surface area contributed by atoms with Gasteiger partial charge in [0.1, 0.15) is 0 Å². The SMILES string of the molecule is CCCC1CC(NC(C)=O)CN(C(C)C)C1.